The van der Waals surface area contributed by atoms with Gasteiger partial charge in [0.1, 0.15) is 16.2 Å². The van der Waals surface area contributed by atoms with Gasteiger partial charge in [0, 0.05) is 5.69 Å². The van der Waals surface area contributed by atoms with Gasteiger partial charge in [0.2, 0.25) is 0 Å². The van der Waals surface area contributed by atoms with Gasteiger partial charge in [-0.25, -0.2) is 9.67 Å². The molecule has 0 aliphatic carbocycles. The molecule has 0 saturated carbocycles. The second kappa shape index (κ2) is 6.54. The zero-order valence-corrected chi connectivity index (χ0v) is 14.7. The standard InChI is InChI=1S/C16H12N6OS2/c1-10-14(25-16(18-10)13-6-3-7-24-13)15(23)19-11-4-2-5-12(8-11)22-9-17-20-21-22/h2-9H,1H3,(H,19,23). The van der Waals surface area contributed by atoms with Crippen LogP contribution in [0.4, 0.5) is 5.69 Å². The highest BCUT2D eigenvalue weighted by Gasteiger charge is 2.17. The molecule has 1 aromatic carbocycles. The molecule has 0 atom stereocenters. The summed E-state index contributed by atoms with van der Waals surface area (Å²) in [6, 6.07) is 11.3. The summed E-state index contributed by atoms with van der Waals surface area (Å²) in [5.41, 5.74) is 2.16. The summed E-state index contributed by atoms with van der Waals surface area (Å²) in [5.74, 6) is -0.174. The number of nitrogens with zero attached hydrogens (tertiary/aromatic N) is 5. The molecule has 1 amide bonds. The van der Waals surface area contributed by atoms with E-state index in [4.69, 9.17) is 0 Å². The molecule has 3 aromatic heterocycles. The van der Waals surface area contributed by atoms with Crippen molar-refractivity contribution in [2.75, 3.05) is 5.32 Å². The number of thiazole rings is 1. The van der Waals surface area contributed by atoms with Crippen LogP contribution in [0.15, 0.2) is 48.1 Å². The summed E-state index contributed by atoms with van der Waals surface area (Å²) in [6.07, 6.45) is 1.50. The Morgan fingerprint density at radius 3 is 2.92 bits per heavy atom. The molecule has 7 nitrogen and oxygen atoms in total. The second-order valence-electron chi connectivity index (χ2n) is 5.17. The topological polar surface area (TPSA) is 85.6 Å². The fourth-order valence-corrected chi connectivity index (χ4v) is 4.06. The molecule has 0 unspecified atom stereocenters. The van der Waals surface area contributed by atoms with Gasteiger partial charge in [0.15, 0.2) is 0 Å². The normalized spacial score (nSPS) is 10.8. The first kappa shape index (κ1) is 15.6. The van der Waals surface area contributed by atoms with Crippen LogP contribution < -0.4 is 5.32 Å². The van der Waals surface area contributed by atoms with E-state index < -0.39 is 0 Å². The fraction of sp³-hybridized carbons (Fsp3) is 0.0625. The minimum absolute atomic E-state index is 0.174. The van der Waals surface area contributed by atoms with Crippen LogP contribution in [0.5, 0.6) is 0 Å². The highest BCUT2D eigenvalue weighted by Crippen LogP contribution is 2.31. The van der Waals surface area contributed by atoms with Gasteiger partial charge in [-0.05, 0) is 47.0 Å². The van der Waals surface area contributed by atoms with E-state index in [1.165, 1.54) is 22.3 Å². The molecule has 0 radical (unpaired) electrons. The number of hydrogen-bond acceptors (Lipinski definition) is 7. The molecule has 0 aliphatic heterocycles. The number of aryl methyl sites for hydroxylation is 1. The number of carbonyl (C=O) groups excluding carboxylic acids is 1. The number of tetrazole rings is 1. The monoisotopic (exact) mass is 368 g/mol. The Kier molecular flexibility index (Phi) is 4.08. The van der Waals surface area contributed by atoms with Crippen molar-refractivity contribution < 1.29 is 4.79 Å². The predicted molar refractivity (Wildman–Crippen MR) is 97.3 cm³/mol. The molecule has 4 aromatic rings. The molecular formula is C16H12N6OS2. The fourth-order valence-electron chi connectivity index (χ4n) is 2.31. The average molecular weight is 368 g/mol. The van der Waals surface area contributed by atoms with Crippen molar-refractivity contribution in [2.45, 2.75) is 6.92 Å². The van der Waals surface area contributed by atoms with E-state index in [1.807, 2.05) is 48.7 Å². The van der Waals surface area contributed by atoms with Crippen molar-refractivity contribution in [3.05, 3.63) is 58.7 Å². The van der Waals surface area contributed by atoms with Crippen molar-refractivity contribution in [1.82, 2.24) is 25.2 Å². The Hall–Kier alpha value is -2.91. The number of benzene rings is 1. The third-order valence-electron chi connectivity index (χ3n) is 3.45. The summed E-state index contributed by atoms with van der Waals surface area (Å²) >= 11 is 3.01. The molecule has 4 rings (SSSR count). The predicted octanol–water partition coefficient (Wildman–Crippen LogP) is 3.41. The number of amides is 1. The van der Waals surface area contributed by atoms with Gasteiger partial charge >= 0.3 is 0 Å². The van der Waals surface area contributed by atoms with Gasteiger partial charge in [0.25, 0.3) is 5.91 Å². The van der Waals surface area contributed by atoms with Crippen LogP contribution in [0.25, 0.3) is 15.6 Å². The van der Waals surface area contributed by atoms with Crippen LogP contribution in [0.2, 0.25) is 0 Å². The van der Waals surface area contributed by atoms with Crippen LogP contribution in [-0.2, 0) is 0 Å². The second-order valence-corrected chi connectivity index (χ2v) is 7.12. The average Bonchev–Trinajstić information content (AvgIpc) is 3.36. The molecule has 0 aliphatic rings. The SMILES string of the molecule is Cc1nc(-c2cccs2)sc1C(=O)Nc1cccc(-n2cnnn2)c1. The zero-order chi connectivity index (χ0) is 17.2. The van der Waals surface area contributed by atoms with Crippen LogP contribution in [0.3, 0.4) is 0 Å². The van der Waals surface area contributed by atoms with Crippen LogP contribution in [0.1, 0.15) is 15.4 Å². The lowest BCUT2D eigenvalue weighted by Crippen LogP contribution is -2.11. The number of thiophene rings is 1. The largest absolute Gasteiger partial charge is 0.321 e. The number of nitrogens with one attached hydrogen (secondary N) is 1. The van der Waals surface area contributed by atoms with Crippen molar-refractivity contribution in [3.8, 4) is 15.6 Å². The van der Waals surface area contributed by atoms with Gasteiger partial charge in [0.05, 0.1) is 16.3 Å². The molecule has 9 heteroatoms. The number of hydrogen-bond donors (Lipinski definition) is 1. The van der Waals surface area contributed by atoms with E-state index >= 15 is 0 Å². The highest BCUT2D eigenvalue weighted by atomic mass is 32.1. The lowest BCUT2D eigenvalue weighted by atomic mass is 10.2. The van der Waals surface area contributed by atoms with Crippen molar-refractivity contribution >= 4 is 34.3 Å². The lowest BCUT2D eigenvalue weighted by molar-refractivity contribution is 0.103. The summed E-state index contributed by atoms with van der Waals surface area (Å²) in [4.78, 5) is 18.8. The first-order valence-corrected chi connectivity index (χ1v) is 9.06. The van der Waals surface area contributed by atoms with Gasteiger partial charge in [-0.1, -0.05) is 12.1 Å². The van der Waals surface area contributed by atoms with Crippen molar-refractivity contribution in [1.29, 1.82) is 0 Å². The van der Waals surface area contributed by atoms with E-state index in [9.17, 15) is 4.79 Å². The van der Waals surface area contributed by atoms with E-state index in [-0.39, 0.29) is 5.91 Å². The summed E-state index contributed by atoms with van der Waals surface area (Å²) in [5, 5.41) is 16.8. The maximum absolute atomic E-state index is 12.6. The van der Waals surface area contributed by atoms with E-state index in [1.54, 1.807) is 11.3 Å². The Balaban J connectivity index is 1.58. The Bertz CT molecular complexity index is 1010. The first-order chi connectivity index (χ1) is 12.2. The Morgan fingerprint density at radius 2 is 2.16 bits per heavy atom. The van der Waals surface area contributed by atoms with E-state index in [2.05, 4.69) is 25.8 Å². The number of rotatable bonds is 4. The molecular weight excluding hydrogens is 356 g/mol. The van der Waals surface area contributed by atoms with Crippen LogP contribution in [-0.4, -0.2) is 31.1 Å². The molecule has 124 valence electrons. The van der Waals surface area contributed by atoms with Crippen molar-refractivity contribution in [3.63, 3.8) is 0 Å². The van der Waals surface area contributed by atoms with Gasteiger partial charge in [-0.15, -0.1) is 27.8 Å². The minimum atomic E-state index is -0.174. The highest BCUT2D eigenvalue weighted by molar-refractivity contribution is 7.22. The van der Waals surface area contributed by atoms with Crippen LogP contribution >= 0.6 is 22.7 Å². The summed E-state index contributed by atoms with van der Waals surface area (Å²) in [6.45, 7) is 1.85. The van der Waals surface area contributed by atoms with E-state index in [0.29, 0.717) is 10.6 Å². The third-order valence-corrected chi connectivity index (χ3v) is 5.65. The molecule has 3 heterocycles. The number of carbonyl (C=O) groups is 1. The quantitative estimate of drug-likeness (QED) is 0.597. The minimum Gasteiger partial charge on any atom is -0.321 e. The third kappa shape index (κ3) is 3.19. The maximum atomic E-state index is 12.6. The van der Waals surface area contributed by atoms with Gasteiger partial charge < -0.3 is 5.32 Å². The van der Waals surface area contributed by atoms with Gasteiger partial charge in [-0.3, -0.25) is 4.79 Å². The molecule has 25 heavy (non-hydrogen) atoms. The summed E-state index contributed by atoms with van der Waals surface area (Å²) in [7, 11) is 0. The molecule has 0 fully saturated rings. The van der Waals surface area contributed by atoms with Crippen LogP contribution in [0, 0.1) is 6.92 Å². The molecule has 0 saturated heterocycles. The van der Waals surface area contributed by atoms with Crippen molar-refractivity contribution in [2.24, 2.45) is 0 Å². The van der Waals surface area contributed by atoms with Gasteiger partial charge in [-0.2, -0.15) is 0 Å². The number of aromatic nitrogens is 5. The number of anilines is 1. The van der Waals surface area contributed by atoms with E-state index in [0.717, 1.165) is 21.3 Å². The maximum Gasteiger partial charge on any atom is 0.267 e. The summed E-state index contributed by atoms with van der Waals surface area (Å²) < 4.78 is 1.53. The molecule has 0 bridgehead atoms. The lowest BCUT2D eigenvalue weighted by Gasteiger charge is -2.06. The smallest absolute Gasteiger partial charge is 0.267 e. The molecule has 0 spiro atoms. The zero-order valence-electron chi connectivity index (χ0n) is 13.1. The Labute approximate surface area is 151 Å². The molecule has 1 N–H and O–H groups in total. The first-order valence-electron chi connectivity index (χ1n) is 7.37. The Morgan fingerprint density at radius 1 is 1.24 bits per heavy atom.